The number of aryl methyl sites for hydroxylation is 1. The lowest BCUT2D eigenvalue weighted by molar-refractivity contribution is -0.116. The molecule has 0 atom stereocenters. The first-order valence-electron chi connectivity index (χ1n) is 6.59. The molecule has 0 unspecified atom stereocenters. The van der Waals surface area contributed by atoms with E-state index in [1.165, 1.54) is 0 Å². The largest absolute Gasteiger partial charge is 0.389 e. The lowest BCUT2D eigenvalue weighted by Crippen LogP contribution is -2.20. The monoisotopic (exact) mass is 302 g/mol. The number of nitrogens with one attached hydrogen (secondary N) is 1. The van der Waals surface area contributed by atoms with Crippen LogP contribution >= 0.6 is 12.2 Å². The van der Waals surface area contributed by atoms with Crippen molar-refractivity contribution in [1.29, 1.82) is 0 Å². The van der Waals surface area contributed by atoms with Crippen LogP contribution in [0.1, 0.15) is 22.5 Å². The van der Waals surface area contributed by atoms with Crippen molar-refractivity contribution in [2.75, 3.05) is 5.32 Å². The molecule has 0 saturated carbocycles. The summed E-state index contributed by atoms with van der Waals surface area (Å²) in [5.41, 5.74) is 10.0. The number of carbonyl (C=O) groups excluding carboxylic acids is 1. The Morgan fingerprint density at radius 1 is 1.38 bits per heavy atom. The summed E-state index contributed by atoms with van der Waals surface area (Å²) in [5.74, 6) is -0.138. The van der Waals surface area contributed by atoms with Gasteiger partial charge in [0, 0.05) is 16.9 Å². The Balaban J connectivity index is 2.10. The zero-order valence-corrected chi connectivity index (χ0v) is 13.1. The van der Waals surface area contributed by atoms with Crippen molar-refractivity contribution >= 4 is 28.8 Å². The van der Waals surface area contributed by atoms with Crippen LogP contribution < -0.4 is 11.1 Å². The molecule has 1 heterocycles. The third-order valence-electron chi connectivity index (χ3n) is 3.47. The number of anilines is 1. The van der Waals surface area contributed by atoms with Crippen molar-refractivity contribution in [1.82, 2.24) is 9.78 Å². The molecule has 0 radical (unpaired) electrons. The van der Waals surface area contributed by atoms with E-state index in [0.717, 1.165) is 22.5 Å². The fourth-order valence-corrected chi connectivity index (χ4v) is 2.15. The molecular weight excluding hydrogens is 284 g/mol. The maximum Gasteiger partial charge on any atom is 0.246 e. The number of nitrogens with zero attached hydrogens (tertiary/aromatic N) is 2. The summed E-state index contributed by atoms with van der Waals surface area (Å²) in [6.45, 7) is 6.06. The molecule has 5 nitrogen and oxygen atoms in total. The molecule has 1 amide bonds. The van der Waals surface area contributed by atoms with Gasteiger partial charge in [0.25, 0.3) is 0 Å². The van der Waals surface area contributed by atoms with E-state index in [4.69, 9.17) is 18.0 Å². The average molecular weight is 302 g/mol. The number of benzene rings is 1. The Labute approximate surface area is 129 Å². The molecular formula is C15H18N4OS. The van der Waals surface area contributed by atoms with Crippen molar-refractivity contribution in [2.24, 2.45) is 5.73 Å². The SMILES string of the molecule is Cc1nn(CC(=O)Nc2cccc(C(N)=S)c2)c(C)c1C. The van der Waals surface area contributed by atoms with E-state index in [1.807, 2.05) is 26.8 Å². The minimum Gasteiger partial charge on any atom is -0.389 e. The lowest BCUT2D eigenvalue weighted by atomic mass is 10.2. The highest BCUT2D eigenvalue weighted by molar-refractivity contribution is 7.80. The Hall–Kier alpha value is -2.21. The average Bonchev–Trinajstić information content (AvgIpc) is 2.66. The maximum absolute atomic E-state index is 12.1. The Morgan fingerprint density at radius 3 is 2.67 bits per heavy atom. The summed E-state index contributed by atoms with van der Waals surface area (Å²) in [4.78, 5) is 12.4. The molecule has 2 aromatic rings. The number of aromatic nitrogens is 2. The zero-order valence-electron chi connectivity index (χ0n) is 12.3. The summed E-state index contributed by atoms with van der Waals surface area (Å²) in [6.07, 6.45) is 0. The number of thiocarbonyl (C=S) groups is 1. The van der Waals surface area contributed by atoms with Gasteiger partial charge in [-0.15, -0.1) is 0 Å². The summed E-state index contributed by atoms with van der Waals surface area (Å²) >= 11 is 4.93. The van der Waals surface area contributed by atoms with E-state index in [-0.39, 0.29) is 12.5 Å². The predicted molar refractivity (Wildman–Crippen MR) is 87.4 cm³/mol. The Bertz CT molecular complexity index is 706. The van der Waals surface area contributed by atoms with E-state index in [1.54, 1.807) is 22.9 Å². The van der Waals surface area contributed by atoms with Crippen LogP contribution in [0.5, 0.6) is 0 Å². The normalized spacial score (nSPS) is 10.4. The minimum absolute atomic E-state index is 0.138. The van der Waals surface area contributed by atoms with Gasteiger partial charge in [0.05, 0.1) is 5.69 Å². The van der Waals surface area contributed by atoms with Gasteiger partial charge in [-0.3, -0.25) is 9.48 Å². The van der Waals surface area contributed by atoms with Crippen LogP contribution in [-0.4, -0.2) is 20.7 Å². The molecule has 21 heavy (non-hydrogen) atoms. The third-order valence-corrected chi connectivity index (χ3v) is 3.70. The summed E-state index contributed by atoms with van der Waals surface area (Å²) in [6, 6.07) is 7.17. The second-order valence-corrected chi connectivity index (χ2v) is 5.39. The minimum atomic E-state index is -0.138. The molecule has 0 spiro atoms. The van der Waals surface area contributed by atoms with Gasteiger partial charge in [-0.05, 0) is 38.5 Å². The van der Waals surface area contributed by atoms with Crippen molar-refractivity contribution in [3.05, 3.63) is 46.8 Å². The molecule has 0 aliphatic heterocycles. The number of rotatable bonds is 4. The van der Waals surface area contributed by atoms with Gasteiger partial charge in [-0.2, -0.15) is 5.10 Å². The molecule has 1 aromatic carbocycles. The van der Waals surface area contributed by atoms with E-state index >= 15 is 0 Å². The van der Waals surface area contributed by atoms with Gasteiger partial charge in [0.1, 0.15) is 11.5 Å². The molecule has 0 bridgehead atoms. The second-order valence-electron chi connectivity index (χ2n) is 4.95. The fraction of sp³-hybridized carbons (Fsp3) is 0.267. The highest BCUT2D eigenvalue weighted by Crippen LogP contribution is 2.13. The molecule has 0 fully saturated rings. The van der Waals surface area contributed by atoms with Gasteiger partial charge >= 0.3 is 0 Å². The maximum atomic E-state index is 12.1. The fourth-order valence-electron chi connectivity index (χ4n) is 2.03. The molecule has 0 saturated heterocycles. The summed E-state index contributed by atoms with van der Waals surface area (Å²) < 4.78 is 1.71. The first-order valence-corrected chi connectivity index (χ1v) is 6.99. The molecule has 3 N–H and O–H groups in total. The van der Waals surface area contributed by atoms with Crippen LogP contribution in [0.4, 0.5) is 5.69 Å². The Morgan fingerprint density at radius 2 is 2.10 bits per heavy atom. The number of hydrogen-bond donors (Lipinski definition) is 2. The van der Waals surface area contributed by atoms with Gasteiger partial charge in [0.2, 0.25) is 5.91 Å². The van der Waals surface area contributed by atoms with Crippen LogP contribution in [-0.2, 0) is 11.3 Å². The Kier molecular flexibility index (Phi) is 4.37. The third kappa shape index (κ3) is 3.46. The first-order chi connectivity index (χ1) is 9.88. The van der Waals surface area contributed by atoms with E-state index in [2.05, 4.69) is 10.4 Å². The summed E-state index contributed by atoms with van der Waals surface area (Å²) in [7, 11) is 0. The van der Waals surface area contributed by atoms with E-state index in [0.29, 0.717) is 10.7 Å². The van der Waals surface area contributed by atoms with Gasteiger partial charge in [-0.1, -0.05) is 24.4 Å². The molecule has 6 heteroatoms. The van der Waals surface area contributed by atoms with Crippen molar-refractivity contribution in [3.63, 3.8) is 0 Å². The molecule has 1 aromatic heterocycles. The number of amides is 1. The quantitative estimate of drug-likeness (QED) is 0.848. The predicted octanol–water partition coefficient (Wildman–Crippen LogP) is 2.08. The smallest absolute Gasteiger partial charge is 0.246 e. The van der Waals surface area contributed by atoms with Gasteiger partial charge in [-0.25, -0.2) is 0 Å². The first kappa shape index (κ1) is 15.2. The van der Waals surface area contributed by atoms with Crippen LogP contribution in [0.15, 0.2) is 24.3 Å². The summed E-state index contributed by atoms with van der Waals surface area (Å²) in [5, 5.41) is 7.18. The number of hydrogen-bond acceptors (Lipinski definition) is 3. The zero-order chi connectivity index (χ0) is 15.6. The molecule has 0 aliphatic rings. The van der Waals surface area contributed by atoms with Gasteiger partial charge in [0.15, 0.2) is 0 Å². The van der Waals surface area contributed by atoms with Crippen molar-refractivity contribution in [3.8, 4) is 0 Å². The van der Waals surface area contributed by atoms with Gasteiger partial charge < -0.3 is 11.1 Å². The molecule has 0 aliphatic carbocycles. The van der Waals surface area contributed by atoms with Crippen LogP contribution in [0.3, 0.4) is 0 Å². The topological polar surface area (TPSA) is 72.9 Å². The van der Waals surface area contributed by atoms with Crippen LogP contribution in [0.2, 0.25) is 0 Å². The van der Waals surface area contributed by atoms with Crippen LogP contribution in [0, 0.1) is 20.8 Å². The van der Waals surface area contributed by atoms with Crippen molar-refractivity contribution < 1.29 is 4.79 Å². The van der Waals surface area contributed by atoms with Crippen molar-refractivity contribution in [2.45, 2.75) is 27.3 Å². The highest BCUT2D eigenvalue weighted by Gasteiger charge is 2.11. The van der Waals surface area contributed by atoms with E-state index in [9.17, 15) is 4.79 Å². The lowest BCUT2D eigenvalue weighted by Gasteiger charge is -2.08. The molecule has 110 valence electrons. The van der Waals surface area contributed by atoms with E-state index < -0.39 is 0 Å². The van der Waals surface area contributed by atoms with Crippen LogP contribution in [0.25, 0.3) is 0 Å². The standard InChI is InChI=1S/C15H18N4OS/c1-9-10(2)18-19(11(9)3)8-14(20)17-13-6-4-5-12(7-13)15(16)21/h4-7H,8H2,1-3H3,(H2,16,21)(H,17,20). The molecule has 2 rings (SSSR count). The second kappa shape index (κ2) is 6.05. The number of nitrogens with two attached hydrogens (primary N) is 1. The highest BCUT2D eigenvalue weighted by atomic mass is 32.1. The number of carbonyl (C=O) groups is 1.